The molecule has 0 saturated carbocycles. The summed E-state index contributed by atoms with van der Waals surface area (Å²) in [6.45, 7) is 0.629. The number of hydrogen-bond donors (Lipinski definition) is 2. The highest BCUT2D eigenvalue weighted by Gasteiger charge is 2.16. The summed E-state index contributed by atoms with van der Waals surface area (Å²) in [6.07, 6.45) is 3.36. The number of nitrogens with zero attached hydrogens (tertiary/aromatic N) is 2. The largest absolute Gasteiger partial charge is 0.368 e. The lowest BCUT2D eigenvalue weighted by Gasteiger charge is -2.08. The molecule has 2 N–H and O–H groups in total. The first-order valence-electron chi connectivity index (χ1n) is 8.09. The first kappa shape index (κ1) is 18.4. The molecule has 0 bridgehead atoms. The second kappa shape index (κ2) is 8.31. The Labute approximate surface area is 153 Å². The Hall–Kier alpha value is -3.42. The van der Waals surface area contributed by atoms with Crippen molar-refractivity contribution >= 4 is 17.4 Å². The highest BCUT2D eigenvalue weighted by atomic mass is 19.2. The van der Waals surface area contributed by atoms with Crippen molar-refractivity contribution in [2.24, 2.45) is 0 Å². The minimum Gasteiger partial charge on any atom is -0.368 e. The lowest BCUT2D eigenvalue weighted by Crippen LogP contribution is -2.16. The van der Waals surface area contributed by atoms with Crippen LogP contribution in [0.15, 0.2) is 54.9 Å². The zero-order valence-corrected chi connectivity index (χ0v) is 14.0. The Morgan fingerprint density at radius 3 is 2.41 bits per heavy atom. The maximum atomic E-state index is 13.6. The van der Waals surface area contributed by atoms with E-state index in [9.17, 15) is 18.0 Å². The Morgan fingerprint density at radius 2 is 1.70 bits per heavy atom. The van der Waals surface area contributed by atoms with Gasteiger partial charge in [-0.25, -0.2) is 23.1 Å². The van der Waals surface area contributed by atoms with E-state index in [4.69, 9.17) is 0 Å². The van der Waals surface area contributed by atoms with Crippen molar-refractivity contribution < 1.29 is 18.0 Å². The highest BCUT2D eigenvalue weighted by molar-refractivity contribution is 6.02. The third-order valence-electron chi connectivity index (χ3n) is 3.73. The van der Waals surface area contributed by atoms with E-state index in [-0.39, 0.29) is 5.69 Å². The maximum absolute atomic E-state index is 13.6. The summed E-state index contributed by atoms with van der Waals surface area (Å²) in [5.74, 6) is -4.78. The quantitative estimate of drug-likeness (QED) is 0.646. The van der Waals surface area contributed by atoms with Crippen LogP contribution in [0.4, 0.5) is 24.7 Å². The van der Waals surface area contributed by atoms with Crippen molar-refractivity contribution in [3.8, 4) is 0 Å². The summed E-state index contributed by atoms with van der Waals surface area (Å²) in [5.41, 5.74) is 0.598. The van der Waals surface area contributed by atoms with Crippen LogP contribution in [0.2, 0.25) is 0 Å². The highest BCUT2D eigenvalue weighted by Crippen LogP contribution is 2.20. The third-order valence-corrected chi connectivity index (χ3v) is 3.73. The zero-order valence-electron chi connectivity index (χ0n) is 14.0. The molecule has 8 heteroatoms. The van der Waals surface area contributed by atoms with E-state index in [1.165, 1.54) is 18.0 Å². The van der Waals surface area contributed by atoms with Crippen LogP contribution in [-0.4, -0.2) is 22.4 Å². The number of anilines is 2. The maximum Gasteiger partial charge on any atom is 0.275 e. The standard InChI is InChI=1S/C19H15F3N4O/c20-13-6-7-14(18(22)17(13)21)26-19(27)15-10-25-16(11-24-15)23-9-8-12-4-2-1-3-5-12/h1-7,10-11H,8-9H2,(H,23,25)(H,26,27). The molecule has 0 saturated heterocycles. The summed E-state index contributed by atoms with van der Waals surface area (Å²) in [4.78, 5) is 20.1. The first-order chi connectivity index (χ1) is 13.0. The van der Waals surface area contributed by atoms with Crippen molar-refractivity contribution in [2.45, 2.75) is 6.42 Å². The average Bonchev–Trinajstić information content (AvgIpc) is 2.70. The van der Waals surface area contributed by atoms with Gasteiger partial charge in [0.1, 0.15) is 11.5 Å². The summed E-state index contributed by atoms with van der Waals surface area (Å²) in [5, 5.41) is 5.21. The molecule has 0 unspecified atom stereocenters. The predicted octanol–water partition coefficient (Wildman–Crippen LogP) is 3.80. The fourth-order valence-electron chi connectivity index (χ4n) is 2.32. The summed E-state index contributed by atoms with van der Waals surface area (Å²) >= 11 is 0. The number of rotatable bonds is 6. The van der Waals surface area contributed by atoms with Crippen LogP contribution in [0.3, 0.4) is 0 Å². The van der Waals surface area contributed by atoms with Gasteiger partial charge >= 0.3 is 0 Å². The van der Waals surface area contributed by atoms with Crippen molar-refractivity contribution in [3.05, 3.63) is 83.6 Å². The lowest BCUT2D eigenvalue weighted by molar-refractivity contribution is 0.102. The van der Waals surface area contributed by atoms with E-state index in [1.807, 2.05) is 30.3 Å². The van der Waals surface area contributed by atoms with Crippen LogP contribution in [0.25, 0.3) is 0 Å². The van der Waals surface area contributed by atoms with E-state index in [2.05, 4.69) is 20.6 Å². The van der Waals surface area contributed by atoms with Gasteiger partial charge in [-0.15, -0.1) is 0 Å². The number of amides is 1. The van der Waals surface area contributed by atoms with Gasteiger partial charge in [0.05, 0.1) is 18.1 Å². The second-order valence-electron chi connectivity index (χ2n) is 5.63. The van der Waals surface area contributed by atoms with E-state index >= 15 is 0 Å². The number of benzene rings is 2. The monoisotopic (exact) mass is 372 g/mol. The molecular formula is C19H15F3N4O. The topological polar surface area (TPSA) is 66.9 Å². The van der Waals surface area contributed by atoms with Gasteiger partial charge in [-0.1, -0.05) is 30.3 Å². The predicted molar refractivity (Wildman–Crippen MR) is 94.9 cm³/mol. The smallest absolute Gasteiger partial charge is 0.275 e. The Bertz CT molecular complexity index is 934. The molecule has 1 aromatic heterocycles. The van der Waals surface area contributed by atoms with E-state index in [0.717, 1.165) is 18.6 Å². The molecule has 5 nitrogen and oxygen atoms in total. The number of halogens is 3. The number of hydrogen-bond acceptors (Lipinski definition) is 4. The minimum absolute atomic E-state index is 0.0901. The Balaban J connectivity index is 1.58. The fourth-order valence-corrected chi connectivity index (χ4v) is 2.32. The molecule has 0 aliphatic carbocycles. The van der Waals surface area contributed by atoms with Gasteiger partial charge < -0.3 is 10.6 Å². The molecule has 2 aromatic carbocycles. The van der Waals surface area contributed by atoms with Gasteiger partial charge in [0.2, 0.25) is 0 Å². The van der Waals surface area contributed by atoms with Gasteiger partial charge in [-0.3, -0.25) is 4.79 Å². The van der Waals surface area contributed by atoms with Crippen molar-refractivity contribution in [1.82, 2.24) is 9.97 Å². The minimum atomic E-state index is -1.66. The van der Waals surface area contributed by atoms with E-state index in [1.54, 1.807) is 0 Å². The summed E-state index contributed by atoms with van der Waals surface area (Å²) in [7, 11) is 0. The van der Waals surface area contributed by atoms with E-state index < -0.39 is 29.0 Å². The number of nitrogens with one attached hydrogen (secondary N) is 2. The number of aromatic nitrogens is 2. The number of carbonyl (C=O) groups is 1. The third kappa shape index (κ3) is 4.60. The second-order valence-corrected chi connectivity index (χ2v) is 5.63. The van der Waals surface area contributed by atoms with Crippen molar-refractivity contribution in [1.29, 1.82) is 0 Å². The molecule has 0 fully saturated rings. The normalized spacial score (nSPS) is 10.5. The Kier molecular flexibility index (Phi) is 5.65. The zero-order chi connectivity index (χ0) is 19.2. The first-order valence-corrected chi connectivity index (χ1v) is 8.09. The van der Waals surface area contributed by atoms with E-state index in [0.29, 0.717) is 12.4 Å². The molecule has 0 radical (unpaired) electrons. The summed E-state index contributed by atoms with van der Waals surface area (Å²) in [6, 6.07) is 11.5. The summed E-state index contributed by atoms with van der Waals surface area (Å²) < 4.78 is 39.7. The average molecular weight is 372 g/mol. The molecular weight excluding hydrogens is 357 g/mol. The molecule has 0 atom stereocenters. The molecule has 1 heterocycles. The van der Waals surface area contributed by atoms with Crippen LogP contribution >= 0.6 is 0 Å². The van der Waals surface area contributed by atoms with Gasteiger partial charge in [0.15, 0.2) is 17.5 Å². The molecule has 1 amide bonds. The van der Waals surface area contributed by atoms with Gasteiger partial charge in [0, 0.05) is 6.54 Å². The van der Waals surface area contributed by atoms with Gasteiger partial charge in [-0.05, 0) is 24.1 Å². The molecule has 138 valence electrons. The van der Waals surface area contributed by atoms with Crippen molar-refractivity contribution in [3.63, 3.8) is 0 Å². The van der Waals surface area contributed by atoms with Crippen LogP contribution in [0.1, 0.15) is 16.1 Å². The Morgan fingerprint density at radius 1 is 0.926 bits per heavy atom. The van der Waals surface area contributed by atoms with Gasteiger partial charge in [-0.2, -0.15) is 0 Å². The van der Waals surface area contributed by atoms with Crippen LogP contribution in [-0.2, 0) is 6.42 Å². The van der Waals surface area contributed by atoms with Crippen LogP contribution in [0.5, 0.6) is 0 Å². The molecule has 3 rings (SSSR count). The van der Waals surface area contributed by atoms with Crippen LogP contribution in [0, 0.1) is 17.5 Å². The number of carbonyl (C=O) groups excluding carboxylic acids is 1. The fraction of sp³-hybridized carbons (Fsp3) is 0.105. The SMILES string of the molecule is O=C(Nc1ccc(F)c(F)c1F)c1cnc(NCCc2ccccc2)cn1. The molecule has 3 aromatic rings. The van der Waals surface area contributed by atoms with Crippen molar-refractivity contribution in [2.75, 3.05) is 17.2 Å². The molecule has 0 aliphatic heterocycles. The van der Waals surface area contributed by atoms with Gasteiger partial charge in [0.25, 0.3) is 5.91 Å². The molecule has 0 aliphatic rings. The van der Waals surface area contributed by atoms with Crippen LogP contribution < -0.4 is 10.6 Å². The lowest BCUT2D eigenvalue weighted by atomic mass is 10.1. The molecule has 0 spiro atoms. The molecule has 27 heavy (non-hydrogen) atoms.